The van der Waals surface area contributed by atoms with Crippen LogP contribution in [-0.2, 0) is 0 Å². The first kappa shape index (κ1) is 63.8. The average molecular weight is 1340 g/mol. The smallest absolute Gasteiger partial charge is 0.336 e. The Kier molecular flexibility index (Phi) is 15.0. The predicted molar refractivity (Wildman–Crippen MR) is 350 cm³/mol. The molecule has 0 spiro atoms. The van der Waals surface area contributed by atoms with E-state index in [-0.39, 0.29) is 133 Å². The van der Waals surface area contributed by atoms with Gasteiger partial charge in [0, 0.05) is 66.1 Å². The second-order valence-electron chi connectivity index (χ2n) is 22.6. The molecule has 0 radical (unpaired) electrons. The van der Waals surface area contributed by atoms with Gasteiger partial charge in [0.1, 0.15) is 0 Å². The molecule has 1 aliphatic carbocycles. The number of carbonyl (C=O) groups is 12. The Balaban J connectivity index is 1.48. The van der Waals surface area contributed by atoms with Gasteiger partial charge in [-0.15, -0.1) is 0 Å². The van der Waals surface area contributed by atoms with Gasteiger partial charge in [0.25, 0.3) is 0 Å². The van der Waals surface area contributed by atoms with Gasteiger partial charge in [0.05, 0.1) is 112 Å². The van der Waals surface area contributed by atoms with Crippen molar-refractivity contribution in [2.45, 2.75) is 0 Å². The predicted octanol–water partition coefficient (Wildman–Crippen LogP) is 12.3. The Morgan fingerprint density at radius 1 is 0.220 bits per heavy atom. The number of hydrogen-bond acceptors (Lipinski definition) is 14. The topological polar surface area (TPSA) is 505 Å². The minimum absolute atomic E-state index is 0.0793. The van der Waals surface area contributed by atoms with Crippen LogP contribution in [0.5, 0.6) is 0 Å². The van der Waals surface area contributed by atoms with Crippen LogP contribution in [0.4, 0.5) is 0 Å². The Labute approximate surface area is 553 Å². The summed E-state index contributed by atoms with van der Waals surface area (Å²) in [6.45, 7) is 0. The Morgan fingerprint density at radius 3 is 0.530 bits per heavy atom. The molecule has 8 bridgehead atoms. The summed E-state index contributed by atoms with van der Waals surface area (Å²) < 4.78 is 0. The third-order valence-corrected chi connectivity index (χ3v) is 17.1. The normalized spacial score (nSPS) is 11.4. The summed E-state index contributed by atoms with van der Waals surface area (Å²) in [7, 11) is 0. The van der Waals surface area contributed by atoms with Gasteiger partial charge in [-0.3, -0.25) is 0 Å². The number of aromatic carboxylic acids is 12. The fourth-order valence-electron chi connectivity index (χ4n) is 12.7. The van der Waals surface area contributed by atoms with Crippen LogP contribution in [0.2, 0.25) is 0 Å². The molecule has 0 fully saturated rings. The molecule has 2 aromatic heterocycles. The lowest BCUT2D eigenvalue weighted by molar-refractivity contribution is 0.0651. The molecular formula is C72H38N4O24. The monoisotopic (exact) mass is 1340 g/mol. The molecule has 490 valence electrons. The summed E-state index contributed by atoms with van der Waals surface area (Å²) in [6, 6.07) is 26.3. The van der Waals surface area contributed by atoms with E-state index in [0.29, 0.717) is 0 Å². The van der Waals surface area contributed by atoms with Crippen molar-refractivity contribution >= 4 is 115 Å². The van der Waals surface area contributed by atoms with Crippen molar-refractivity contribution in [3.05, 3.63) is 212 Å². The molecule has 28 heteroatoms. The highest BCUT2D eigenvalue weighted by molar-refractivity contribution is 6.25. The fraction of sp³-hybridized carbons (Fsp3) is 0. The molecule has 2 aliphatic heterocycles. The molecule has 3 aliphatic rings. The molecule has 8 aromatic carbocycles. The van der Waals surface area contributed by atoms with Crippen LogP contribution in [0.1, 0.15) is 124 Å². The highest BCUT2D eigenvalue weighted by Gasteiger charge is 2.36. The SMILES string of the molecule is O=C(O)c1ccc(-c2c3nc(c(-c4ccc(C(=O)O)cc4)c4[nH]c(c(-c5ccc(C(=O)O)cc5)c5nc(c(-c6ccc(C(=O)O)cc6)c6[nH]c2c2cc(C(=O)O)c(C(=O)O)cc62)-c2cc(C(=O)O)c(C(=O)O)cc2-5)c2cc(C(=O)O)c(C(=O)O)cc42)-c2cc(C(=O)O)c(C(=O)O)cc2-3)cc1. The van der Waals surface area contributed by atoms with E-state index < -0.39 is 139 Å². The highest BCUT2D eigenvalue weighted by Crippen LogP contribution is 2.53. The Morgan fingerprint density at radius 2 is 0.380 bits per heavy atom. The van der Waals surface area contributed by atoms with Crippen LogP contribution < -0.4 is 0 Å². The van der Waals surface area contributed by atoms with Gasteiger partial charge in [0.2, 0.25) is 0 Å². The third kappa shape index (κ3) is 10.3. The van der Waals surface area contributed by atoms with Crippen molar-refractivity contribution in [3.8, 4) is 89.5 Å². The quantitative estimate of drug-likeness (QED) is 0.0427. The Hall–Kier alpha value is -15.0. The van der Waals surface area contributed by atoms with Crippen molar-refractivity contribution < 1.29 is 119 Å². The molecule has 14 N–H and O–H groups in total. The molecule has 0 unspecified atom stereocenters. The number of benzene rings is 8. The van der Waals surface area contributed by atoms with Crippen molar-refractivity contribution in [1.82, 2.24) is 19.9 Å². The highest BCUT2D eigenvalue weighted by atomic mass is 16.4. The van der Waals surface area contributed by atoms with Crippen LogP contribution in [0.15, 0.2) is 146 Å². The standard InChI is InChI=1S/C72H38N4O24/c77-61(78)29-9-1-25(2-10-29)49-53-33-17-41(65(85)86)43(67(89)90)19-35(33)55(73-53)50(26-3-11-30(12-4-26)62(79)80)57-37-21-45(69(93)94)47(71(97)98)23-39(37)59(75-57)52(28-7-15-32(16-8-28)64(83)84)60-40-24-48(72(99)100)46(70(95)96)22-38(40)58(76-60)51(27-5-13-31(14-6-27)63(81)82)56-36-20-44(68(91)92)42(66(87)88)18-34(36)54(49)74-56/h1-24,73,76H,(H,77,78)(H,79,80)(H,81,82)(H,83,84)(H,85,86)(H,87,88)(H,89,90)(H,91,92)(H,93,94)(H,95,96)(H,97,98)(H,99,100). The van der Waals surface area contributed by atoms with Crippen molar-refractivity contribution in [3.63, 3.8) is 0 Å². The van der Waals surface area contributed by atoms with E-state index in [4.69, 9.17) is 9.97 Å². The van der Waals surface area contributed by atoms with Gasteiger partial charge in [0.15, 0.2) is 0 Å². The summed E-state index contributed by atoms with van der Waals surface area (Å²) >= 11 is 0. The number of nitrogens with one attached hydrogen (secondary N) is 2. The molecule has 0 saturated heterocycles. The lowest BCUT2D eigenvalue weighted by atomic mass is 9.89. The van der Waals surface area contributed by atoms with Crippen molar-refractivity contribution in [2.75, 3.05) is 0 Å². The largest absolute Gasteiger partial charge is 0.478 e. The fourth-order valence-corrected chi connectivity index (χ4v) is 12.7. The van der Waals surface area contributed by atoms with E-state index in [1.165, 1.54) is 48.5 Å². The van der Waals surface area contributed by atoms with Gasteiger partial charge >= 0.3 is 71.6 Å². The maximum absolute atomic E-state index is 13.5. The number of carboxylic acids is 12. The van der Waals surface area contributed by atoms with E-state index in [9.17, 15) is 119 Å². The molecule has 4 heterocycles. The number of carboxylic acid groups (broad SMARTS) is 12. The molecule has 0 saturated carbocycles. The zero-order valence-corrected chi connectivity index (χ0v) is 50.0. The summed E-state index contributed by atoms with van der Waals surface area (Å²) in [6.07, 6.45) is 0. The van der Waals surface area contributed by atoms with Gasteiger partial charge in [-0.1, -0.05) is 48.5 Å². The van der Waals surface area contributed by atoms with Crippen LogP contribution in [0.25, 0.3) is 133 Å². The number of hydrogen-bond donors (Lipinski definition) is 14. The zero-order chi connectivity index (χ0) is 71.5. The first-order valence-corrected chi connectivity index (χ1v) is 28.9. The number of nitrogens with zero attached hydrogens (tertiary/aromatic N) is 2. The zero-order valence-electron chi connectivity index (χ0n) is 50.0. The summed E-state index contributed by atoms with van der Waals surface area (Å²) in [5.41, 5.74) is -13.8. The number of aromatic amines is 2. The number of aromatic nitrogens is 4. The minimum atomic E-state index is -1.83. The number of H-pyrrole nitrogens is 2. The first-order chi connectivity index (χ1) is 47.5. The van der Waals surface area contributed by atoms with E-state index in [1.54, 1.807) is 0 Å². The molecule has 13 rings (SSSR count). The summed E-state index contributed by atoms with van der Waals surface area (Å²) in [5, 5.41) is 127. The van der Waals surface area contributed by atoms with E-state index in [1.807, 2.05) is 0 Å². The van der Waals surface area contributed by atoms with Crippen LogP contribution in [0.3, 0.4) is 0 Å². The lowest BCUT2D eigenvalue weighted by Gasteiger charge is -2.12. The third-order valence-electron chi connectivity index (χ3n) is 17.1. The van der Waals surface area contributed by atoms with Crippen LogP contribution in [-0.4, -0.2) is 153 Å². The van der Waals surface area contributed by atoms with Crippen molar-refractivity contribution in [1.29, 1.82) is 0 Å². The molecule has 28 nitrogen and oxygen atoms in total. The van der Waals surface area contributed by atoms with Gasteiger partial charge in [-0.25, -0.2) is 67.5 Å². The molecule has 0 amide bonds. The second kappa shape index (κ2) is 23.5. The maximum Gasteiger partial charge on any atom is 0.336 e. The van der Waals surface area contributed by atoms with E-state index in [0.717, 1.165) is 97.1 Å². The van der Waals surface area contributed by atoms with Gasteiger partial charge in [-0.2, -0.15) is 0 Å². The van der Waals surface area contributed by atoms with Crippen LogP contribution >= 0.6 is 0 Å². The second-order valence-corrected chi connectivity index (χ2v) is 22.6. The summed E-state index contributed by atoms with van der Waals surface area (Å²) in [4.78, 5) is 176. The Bertz CT molecular complexity index is 5190. The lowest BCUT2D eigenvalue weighted by Crippen LogP contribution is -2.08. The summed E-state index contributed by atoms with van der Waals surface area (Å²) in [5.74, 6) is -20.4. The molecule has 0 atom stereocenters. The first-order valence-electron chi connectivity index (χ1n) is 28.9. The molecular weight excluding hydrogens is 1300 g/mol. The van der Waals surface area contributed by atoms with Crippen LogP contribution in [0, 0.1) is 0 Å². The molecule has 100 heavy (non-hydrogen) atoms. The van der Waals surface area contributed by atoms with Gasteiger partial charge in [-0.05, 0) is 119 Å². The minimum Gasteiger partial charge on any atom is -0.478 e. The average Bonchev–Trinajstić information content (AvgIpc) is 1.55. The number of rotatable bonds is 16. The molecule has 10 aromatic rings. The van der Waals surface area contributed by atoms with E-state index >= 15 is 0 Å². The van der Waals surface area contributed by atoms with Gasteiger partial charge < -0.3 is 71.2 Å². The maximum atomic E-state index is 13.5. The van der Waals surface area contributed by atoms with Crippen molar-refractivity contribution in [2.24, 2.45) is 0 Å². The van der Waals surface area contributed by atoms with E-state index in [2.05, 4.69) is 9.97 Å².